The molecule has 0 aromatic rings. The monoisotopic (exact) mass is 172 g/mol. The van der Waals surface area contributed by atoms with Gasteiger partial charge in [-0.05, 0) is 12.8 Å². The highest BCUT2D eigenvalue weighted by Gasteiger charge is 1.75. The molecule has 0 aliphatic heterocycles. The van der Waals surface area contributed by atoms with Crippen molar-refractivity contribution in [2.24, 2.45) is 0 Å². The summed E-state index contributed by atoms with van der Waals surface area (Å²) in [7, 11) is 1.70. The van der Waals surface area contributed by atoms with Gasteiger partial charge in [0.15, 0.2) is 0 Å². The molecular weight excluding hydrogens is 156 g/mol. The van der Waals surface area contributed by atoms with Crippen molar-refractivity contribution in [1.82, 2.24) is 0 Å². The number of rotatable bonds is 6. The van der Waals surface area contributed by atoms with E-state index >= 15 is 0 Å². The lowest BCUT2D eigenvalue weighted by atomic mass is 10.3. The van der Waals surface area contributed by atoms with Crippen molar-refractivity contribution in [3.63, 3.8) is 0 Å². The summed E-state index contributed by atoms with van der Waals surface area (Å²) in [6, 6.07) is 0. The third-order valence-electron chi connectivity index (χ3n) is 1.20. The van der Waals surface area contributed by atoms with Crippen molar-refractivity contribution in [3.8, 4) is 0 Å². The highest BCUT2D eigenvalue weighted by molar-refractivity contribution is 7.80. The Hall–Kier alpha value is -0.210. The standard InChI is InChI=1S/C9H16OS/c1-10-8-6-4-2-3-5-7-9-11/h4-7,11H,2-3,8-9H2,1H3/b6-4-,7-5-. The second kappa shape index (κ2) is 9.79. The summed E-state index contributed by atoms with van der Waals surface area (Å²) in [6.07, 6.45) is 10.6. The van der Waals surface area contributed by atoms with E-state index in [9.17, 15) is 0 Å². The van der Waals surface area contributed by atoms with Crippen molar-refractivity contribution in [2.45, 2.75) is 12.8 Å². The lowest BCUT2D eigenvalue weighted by Crippen LogP contribution is -1.79. The highest BCUT2D eigenvalue weighted by atomic mass is 32.1. The maximum absolute atomic E-state index is 4.85. The van der Waals surface area contributed by atoms with Crippen LogP contribution in [0, 0.1) is 0 Å². The molecule has 1 nitrogen and oxygen atoms in total. The van der Waals surface area contributed by atoms with Gasteiger partial charge in [0.25, 0.3) is 0 Å². The Morgan fingerprint density at radius 3 is 2.27 bits per heavy atom. The van der Waals surface area contributed by atoms with Crippen molar-refractivity contribution in [3.05, 3.63) is 24.3 Å². The van der Waals surface area contributed by atoms with Crippen molar-refractivity contribution < 1.29 is 4.74 Å². The highest BCUT2D eigenvalue weighted by Crippen LogP contribution is 1.93. The van der Waals surface area contributed by atoms with Gasteiger partial charge in [0, 0.05) is 12.9 Å². The zero-order valence-electron chi connectivity index (χ0n) is 6.99. The lowest BCUT2D eigenvalue weighted by molar-refractivity contribution is 0.233. The van der Waals surface area contributed by atoms with Crippen LogP contribution < -0.4 is 0 Å². The number of thiol groups is 1. The van der Waals surface area contributed by atoms with Gasteiger partial charge < -0.3 is 4.74 Å². The third-order valence-corrected chi connectivity index (χ3v) is 1.41. The Kier molecular flexibility index (Phi) is 9.60. The Morgan fingerprint density at radius 2 is 1.73 bits per heavy atom. The van der Waals surface area contributed by atoms with E-state index in [-0.39, 0.29) is 0 Å². The molecule has 0 aliphatic carbocycles. The zero-order valence-corrected chi connectivity index (χ0v) is 7.89. The number of allylic oxidation sites excluding steroid dienone is 2. The van der Waals surface area contributed by atoms with E-state index in [2.05, 4.69) is 30.9 Å². The molecule has 0 aliphatic rings. The minimum atomic E-state index is 0.719. The summed E-state index contributed by atoms with van der Waals surface area (Å²) in [5.41, 5.74) is 0. The third kappa shape index (κ3) is 9.79. The van der Waals surface area contributed by atoms with Crippen LogP contribution in [-0.2, 0) is 4.74 Å². The Morgan fingerprint density at radius 1 is 1.09 bits per heavy atom. The van der Waals surface area contributed by atoms with E-state index in [4.69, 9.17) is 4.74 Å². The molecule has 0 heterocycles. The number of ether oxygens (including phenoxy) is 1. The van der Waals surface area contributed by atoms with Gasteiger partial charge in [-0.3, -0.25) is 0 Å². The van der Waals surface area contributed by atoms with Gasteiger partial charge in [-0.1, -0.05) is 24.3 Å². The number of hydrogen-bond acceptors (Lipinski definition) is 2. The summed E-state index contributed by atoms with van der Waals surface area (Å²) in [6.45, 7) is 0.719. The molecule has 0 saturated heterocycles. The topological polar surface area (TPSA) is 9.23 Å². The largest absolute Gasteiger partial charge is 0.381 e. The van der Waals surface area contributed by atoms with Gasteiger partial charge in [0.05, 0.1) is 6.61 Å². The minimum absolute atomic E-state index is 0.719. The van der Waals surface area contributed by atoms with Crippen LogP contribution in [0.25, 0.3) is 0 Å². The van der Waals surface area contributed by atoms with Crippen LogP contribution in [0.4, 0.5) is 0 Å². The molecular formula is C9H16OS. The Balaban J connectivity index is 3.06. The fraction of sp³-hybridized carbons (Fsp3) is 0.556. The fourth-order valence-corrected chi connectivity index (χ4v) is 0.816. The Bertz CT molecular complexity index is 119. The first-order valence-electron chi connectivity index (χ1n) is 3.81. The molecule has 0 fully saturated rings. The molecule has 2 heteroatoms. The van der Waals surface area contributed by atoms with Gasteiger partial charge in [0.2, 0.25) is 0 Å². The van der Waals surface area contributed by atoms with E-state index < -0.39 is 0 Å². The zero-order chi connectivity index (χ0) is 8.36. The van der Waals surface area contributed by atoms with Gasteiger partial charge in [-0.25, -0.2) is 0 Å². The van der Waals surface area contributed by atoms with Crippen LogP contribution in [0.2, 0.25) is 0 Å². The molecule has 0 spiro atoms. The van der Waals surface area contributed by atoms with E-state index in [0.717, 1.165) is 25.2 Å². The van der Waals surface area contributed by atoms with E-state index in [1.54, 1.807) is 7.11 Å². The fourth-order valence-electron chi connectivity index (χ4n) is 0.667. The first-order valence-corrected chi connectivity index (χ1v) is 4.45. The summed E-state index contributed by atoms with van der Waals surface area (Å²) in [5, 5.41) is 0. The lowest BCUT2D eigenvalue weighted by Gasteiger charge is -1.88. The molecule has 0 rings (SSSR count). The summed E-state index contributed by atoms with van der Waals surface area (Å²) in [5.74, 6) is 0.835. The first-order chi connectivity index (χ1) is 5.41. The van der Waals surface area contributed by atoms with Gasteiger partial charge in [0.1, 0.15) is 0 Å². The van der Waals surface area contributed by atoms with Crippen molar-refractivity contribution >= 4 is 12.6 Å². The molecule has 0 atom stereocenters. The molecule has 0 amide bonds. The average Bonchev–Trinajstić information content (AvgIpc) is 2.03. The second-order valence-corrected chi connectivity index (χ2v) is 2.52. The second-order valence-electron chi connectivity index (χ2n) is 2.16. The molecule has 0 N–H and O–H groups in total. The van der Waals surface area contributed by atoms with Crippen LogP contribution in [-0.4, -0.2) is 19.5 Å². The summed E-state index contributed by atoms with van der Waals surface area (Å²) >= 11 is 4.05. The Labute approximate surface area is 74.5 Å². The summed E-state index contributed by atoms with van der Waals surface area (Å²) in [4.78, 5) is 0. The quantitative estimate of drug-likeness (QED) is 0.368. The van der Waals surface area contributed by atoms with Gasteiger partial charge >= 0.3 is 0 Å². The first kappa shape index (κ1) is 10.8. The molecule has 11 heavy (non-hydrogen) atoms. The van der Waals surface area contributed by atoms with Crippen LogP contribution in [0.15, 0.2) is 24.3 Å². The molecule has 0 aromatic carbocycles. The van der Waals surface area contributed by atoms with Crippen LogP contribution in [0.5, 0.6) is 0 Å². The van der Waals surface area contributed by atoms with Gasteiger partial charge in [-0.2, -0.15) is 12.6 Å². The molecule has 0 unspecified atom stereocenters. The maximum Gasteiger partial charge on any atom is 0.0643 e. The minimum Gasteiger partial charge on any atom is -0.381 e. The number of unbranched alkanes of at least 4 members (excludes halogenated alkanes) is 1. The normalized spacial score (nSPS) is 11.8. The maximum atomic E-state index is 4.85. The SMILES string of the molecule is COC/C=C\CC/C=C\CS. The van der Waals surface area contributed by atoms with Crippen molar-refractivity contribution in [1.29, 1.82) is 0 Å². The molecule has 0 bridgehead atoms. The van der Waals surface area contributed by atoms with Crippen LogP contribution in [0.3, 0.4) is 0 Å². The predicted molar refractivity (Wildman–Crippen MR) is 53.2 cm³/mol. The number of hydrogen-bond donors (Lipinski definition) is 1. The van der Waals surface area contributed by atoms with Crippen molar-refractivity contribution in [2.75, 3.05) is 19.5 Å². The van der Waals surface area contributed by atoms with E-state index in [1.807, 2.05) is 6.08 Å². The van der Waals surface area contributed by atoms with E-state index in [0.29, 0.717) is 0 Å². The predicted octanol–water partition coefficient (Wildman–Crippen LogP) is 2.46. The van der Waals surface area contributed by atoms with E-state index in [1.165, 1.54) is 0 Å². The molecule has 64 valence electrons. The number of methoxy groups -OCH3 is 1. The average molecular weight is 172 g/mol. The molecule has 0 aromatic heterocycles. The smallest absolute Gasteiger partial charge is 0.0643 e. The van der Waals surface area contributed by atoms with Crippen LogP contribution in [0.1, 0.15) is 12.8 Å². The molecule has 0 radical (unpaired) electrons. The van der Waals surface area contributed by atoms with Crippen LogP contribution >= 0.6 is 12.6 Å². The molecule has 0 saturated carbocycles. The summed E-state index contributed by atoms with van der Waals surface area (Å²) < 4.78 is 4.85. The van der Waals surface area contributed by atoms with Gasteiger partial charge in [-0.15, -0.1) is 0 Å².